The van der Waals surface area contributed by atoms with Crippen LogP contribution < -0.4 is 0 Å². The summed E-state index contributed by atoms with van der Waals surface area (Å²) in [6.07, 6.45) is 6.57. The number of carbonyl (C=O) groups excluding carboxylic acids is 1. The van der Waals surface area contributed by atoms with E-state index in [1.807, 2.05) is 12.1 Å². The fourth-order valence-electron chi connectivity index (χ4n) is 7.41. The molecule has 0 radical (unpaired) electrons. The summed E-state index contributed by atoms with van der Waals surface area (Å²) < 4.78 is 5.72. The second-order valence-electron chi connectivity index (χ2n) is 11.1. The van der Waals surface area contributed by atoms with E-state index in [4.69, 9.17) is 4.42 Å². The van der Waals surface area contributed by atoms with Gasteiger partial charge in [-0.2, -0.15) is 0 Å². The summed E-state index contributed by atoms with van der Waals surface area (Å²) in [5, 5.41) is 2.59. The molecule has 3 aromatic heterocycles. The smallest absolute Gasteiger partial charge is 0.227 e. The van der Waals surface area contributed by atoms with Gasteiger partial charge in [0.25, 0.3) is 0 Å². The number of benzene rings is 2. The van der Waals surface area contributed by atoms with Gasteiger partial charge in [0.15, 0.2) is 5.76 Å². The van der Waals surface area contributed by atoms with Gasteiger partial charge >= 0.3 is 0 Å². The number of para-hydroxylation sites is 2. The van der Waals surface area contributed by atoms with Crippen LogP contribution in [0.15, 0.2) is 82.6 Å². The molecule has 196 valence electrons. The maximum atomic E-state index is 14.3. The highest BCUT2D eigenvalue weighted by molar-refractivity contribution is 6.08. The van der Waals surface area contributed by atoms with E-state index in [9.17, 15) is 4.79 Å². The first kappa shape index (κ1) is 22.9. The third-order valence-corrected chi connectivity index (χ3v) is 9.08. The number of allylic oxidation sites excluding steroid dienone is 1. The number of nitrogens with zero attached hydrogens (tertiary/aromatic N) is 2. The molecule has 6 heterocycles. The number of hydrogen-bond donors (Lipinski definition) is 2. The van der Waals surface area contributed by atoms with Gasteiger partial charge in [0.1, 0.15) is 6.17 Å². The largest absolute Gasteiger partial charge is 0.461 e. The molecule has 39 heavy (non-hydrogen) atoms. The minimum absolute atomic E-state index is 0.00787. The molecule has 0 spiro atoms. The van der Waals surface area contributed by atoms with E-state index in [1.165, 1.54) is 38.8 Å². The first-order chi connectivity index (χ1) is 19.2. The summed E-state index contributed by atoms with van der Waals surface area (Å²) in [7, 11) is 0. The molecule has 6 heteroatoms. The lowest BCUT2D eigenvalue weighted by atomic mass is 9.82. The van der Waals surface area contributed by atoms with E-state index < -0.39 is 0 Å². The summed E-state index contributed by atoms with van der Waals surface area (Å²) in [4.78, 5) is 27.1. The third-order valence-electron chi connectivity index (χ3n) is 9.08. The number of carbonyl (C=O) groups is 1. The topological polar surface area (TPSA) is 68.3 Å². The van der Waals surface area contributed by atoms with Crippen LogP contribution in [0.25, 0.3) is 21.8 Å². The molecule has 3 aliphatic rings. The number of fused-ring (bicyclic) bond motifs is 11. The minimum Gasteiger partial charge on any atom is -0.461 e. The number of aromatic amines is 2. The summed E-state index contributed by atoms with van der Waals surface area (Å²) >= 11 is 0. The Morgan fingerprint density at radius 2 is 1.59 bits per heavy atom. The molecule has 0 unspecified atom stereocenters. The Morgan fingerprint density at radius 1 is 0.897 bits per heavy atom. The standard InChI is InChI=1S/C33H32N4O2/c1-2-3-13-26-28(32(38)27-14-8-19-39-27)31-29-22(20-9-4-6-11-24(20)34-29)16-18-37(31)33-30-23(15-17-36(26)33)21-10-5-7-12-25(21)35-30/h4-12,14,19,31,33-35H,2-3,13,15-18H2,1H3/t31-,33-/m1/s1. The number of rotatable bonds is 5. The Hall–Kier alpha value is -4.03. The lowest BCUT2D eigenvalue weighted by Crippen LogP contribution is -2.54. The Kier molecular flexibility index (Phi) is 5.14. The van der Waals surface area contributed by atoms with E-state index in [1.54, 1.807) is 6.26 Å². The van der Waals surface area contributed by atoms with Crippen molar-refractivity contribution in [2.24, 2.45) is 0 Å². The molecule has 0 amide bonds. The van der Waals surface area contributed by atoms with Gasteiger partial charge in [-0.3, -0.25) is 9.69 Å². The second kappa shape index (κ2) is 8.75. The molecule has 8 rings (SSSR count). The van der Waals surface area contributed by atoms with Crippen molar-refractivity contribution in [2.75, 3.05) is 13.1 Å². The van der Waals surface area contributed by atoms with Crippen LogP contribution in [-0.4, -0.2) is 38.6 Å². The molecule has 0 saturated heterocycles. The van der Waals surface area contributed by atoms with Gasteiger partial charge in [-0.1, -0.05) is 49.7 Å². The van der Waals surface area contributed by atoms with Crippen LogP contribution in [0, 0.1) is 0 Å². The van der Waals surface area contributed by atoms with E-state index >= 15 is 0 Å². The Balaban J connectivity index is 1.40. The normalized spacial score (nSPS) is 20.7. The number of H-pyrrole nitrogens is 2. The van der Waals surface area contributed by atoms with E-state index in [0.29, 0.717) is 5.76 Å². The van der Waals surface area contributed by atoms with E-state index in [2.05, 4.69) is 75.2 Å². The fraction of sp³-hybridized carbons (Fsp3) is 0.303. The van der Waals surface area contributed by atoms with Crippen LogP contribution in [0.2, 0.25) is 0 Å². The van der Waals surface area contributed by atoms with Crippen LogP contribution in [0.3, 0.4) is 0 Å². The maximum absolute atomic E-state index is 14.3. The Labute approximate surface area is 227 Å². The van der Waals surface area contributed by atoms with Crippen molar-refractivity contribution in [3.8, 4) is 0 Å². The average molecular weight is 517 g/mol. The van der Waals surface area contributed by atoms with Crippen molar-refractivity contribution in [1.82, 2.24) is 19.8 Å². The molecule has 0 saturated carbocycles. The van der Waals surface area contributed by atoms with E-state index in [0.717, 1.165) is 62.0 Å². The number of aromatic nitrogens is 2. The molecule has 2 atom stereocenters. The highest BCUT2D eigenvalue weighted by Crippen LogP contribution is 2.52. The van der Waals surface area contributed by atoms with Gasteiger partial charge in [0.2, 0.25) is 5.78 Å². The van der Waals surface area contributed by atoms with Gasteiger partial charge in [-0.15, -0.1) is 0 Å². The number of nitrogens with one attached hydrogen (secondary N) is 2. The highest BCUT2D eigenvalue weighted by Gasteiger charge is 2.49. The highest BCUT2D eigenvalue weighted by atomic mass is 16.3. The quantitative estimate of drug-likeness (QED) is 0.246. The maximum Gasteiger partial charge on any atom is 0.227 e. The SMILES string of the molecule is CCCCC1=C(C(=O)c2ccco2)[C@@H]2c3[nH]c4ccccc4c3CCN2[C@@H]2c3[nH]c4ccccc4c3CCN12. The van der Waals surface area contributed by atoms with Gasteiger partial charge in [-0.05, 0) is 61.1 Å². The monoisotopic (exact) mass is 516 g/mol. The second-order valence-corrected chi connectivity index (χ2v) is 11.1. The molecular weight excluding hydrogens is 484 g/mol. The lowest BCUT2D eigenvalue weighted by Gasteiger charge is -2.54. The van der Waals surface area contributed by atoms with Crippen molar-refractivity contribution >= 4 is 27.6 Å². The van der Waals surface area contributed by atoms with Crippen molar-refractivity contribution < 1.29 is 9.21 Å². The summed E-state index contributed by atoms with van der Waals surface area (Å²) in [5.41, 5.74) is 9.60. The first-order valence-electron chi connectivity index (χ1n) is 14.3. The van der Waals surface area contributed by atoms with Crippen molar-refractivity contribution in [3.05, 3.63) is 106 Å². The number of hydrogen-bond acceptors (Lipinski definition) is 4. The molecule has 0 bridgehead atoms. The van der Waals surface area contributed by atoms with Crippen LogP contribution in [0.4, 0.5) is 0 Å². The third kappa shape index (κ3) is 3.27. The van der Waals surface area contributed by atoms with Crippen LogP contribution in [0.1, 0.15) is 71.5 Å². The fourth-order valence-corrected chi connectivity index (χ4v) is 7.41. The Bertz CT molecular complexity index is 1750. The number of ketones is 1. The van der Waals surface area contributed by atoms with Gasteiger partial charge in [-0.25, -0.2) is 0 Å². The van der Waals surface area contributed by atoms with E-state index in [-0.39, 0.29) is 18.0 Å². The predicted octanol–water partition coefficient (Wildman–Crippen LogP) is 7.04. The molecule has 3 aliphatic heterocycles. The Morgan fingerprint density at radius 3 is 2.31 bits per heavy atom. The number of unbranched alkanes of at least 4 members (excludes halogenated alkanes) is 1. The molecule has 0 aliphatic carbocycles. The minimum atomic E-state index is -0.163. The molecule has 2 N–H and O–H groups in total. The summed E-state index contributed by atoms with van der Waals surface area (Å²) in [6, 6.07) is 20.7. The van der Waals surface area contributed by atoms with Crippen LogP contribution in [0.5, 0.6) is 0 Å². The molecule has 6 nitrogen and oxygen atoms in total. The number of Topliss-reactive ketones (excluding diaryl/α,β-unsaturated/α-hetero) is 1. The zero-order valence-corrected chi connectivity index (χ0v) is 22.2. The van der Waals surface area contributed by atoms with Crippen LogP contribution >= 0.6 is 0 Å². The van der Waals surface area contributed by atoms with Crippen LogP contribution in [-0.2, 0) is 12.8 Å². The van der Waals surface area contributed by atoms with Gasteiger partial charge < -0.3 is 19.3 Å². The van der Waals surface area contributed by atoms with Crippen molar-refractivity contribution in [2.45, 2.75) is 51.2 Å². The first-order valence-corrected chi connectivity index (χ1v) is 14.3. The molecule has 5 aromatic rings. The molecule has 2 aromatic carbocycles. The van der Waals surface area contributed by atoms with Gasteiger partial charge in [0, 0.05) is 51.9 Å². The summed E-state index contributed by atoms with van der Waals surface area (Å²) in [6.45, 7) is 4.01. The predicted molar refractivity (Wildman–Crippen MR) is 152 cm³/mol. The lowest BCUT2D eigenvalue weighted by molar-refractivity contribution is 0.000402. The zero-order chi connectivity index (χ0) is 26.1. The van der Waals surface area contributed by atoms with Crippen molar-refractivity contribution in [1.29, 1.82) is 0 Å². The summed E-state index contributed by atoms with van der Waals surface area (Å²) in [5.74, 6) is 0.428. The zero-order valence-electron chi connectivity index (χ0n) is 22.2. The molecule has 0 fully saturated rings. The van der Waals surface area contributed by atoms with Crippen molar-refractivity contribution in [3.63, 3.8) is 0 Å². The van der Waals surface area contributed by atoms with Gasteiger partial charge in [0.05, 0.1) is 18.0 Å². The average Bonchev–Trinajstić information content (AvgIpc) is 3.72. The molecular formula is C33H32N4O2. The number of furan rings is 1.